The lowest BCUT2D eigenvalue weighted by Crippen LogP contribution is -2.11. The van der Waals surface area contributed by atoms with Crippen LogP contribution in [0.15, 0.2) is 0 Å². The minimum atomic E-state index is -0.780. The highest BCUT2D eigenvalue weighted by Gasteiger charge is 2.52. The predicted octanol–water partition coefficient (Wildman–Crippen LogP) is 2.77. The van der Waals surface area contributed by atoms with Gasteiger partial charge in [0, 0.05) is 11.6 Å². The summed E-state index contributed by atoms with van der Waals surface area (Å²) in [5.74, 6) is -1.05. The maximum Gasteiger partial charge on any atom is 0.355 e. The van der Waals surface area contributed by atoms with Gasteiger partial charge in [-0.15, -0.1) is 23.2 Å². The van der Waals surface area contributed by atoms with Crippen LogP contribution in [0.25, 0.3) is 0 Å². The zero-order valence-corrected chi connectivity index (χ0v) is 12.9. The molecule has 5 nitrogen and oxygen atoms in total. The van der Waals surface area contributed by atoms with Gasteiger partial charge in [-0.3, -0.25) is 0 Å². The van der Waals surface area contributed by atoms with Crippen molar-refractivity contribution in [1.82, 2.24) is 4.98 Å². The van der Waals surface area contributed by atoms with Crippen LogP contribution in [0, 0.1) is 19.8 Å². The van der Waals surface area contributed by atoms with Crippen LogP contribution in [0.3, 0.4) is 0 Å². The average molecular weight is 320 g/mol. The molecule has 1 heterocycles. The van der Waals surface area contributed by atoms with Gasteiger partial charge in [-0.1, -0.05) is 0 Å². The van der Waals surface area contributed by atoms with Crippen molar-refractivity contribution >= 4 is 35.1 Å². The maximum atomic E-state index is 12.0. The first-order chi connectivity index (χ1) is 9.27. The predicted molar refractivity (Wildman–Crippen MR) is 74.4 cm³/mol. The fourth-order valence-electron chi connectivity index (χ4n) is 2.06. The molecule has 1 aromatic rings. The van der Waals surface area contributed by atoms with E-state index in [1.54, 1.807) is 13.8 Å². The molecule has 0 aromatic carbocycles. The van der Waals surface area contributed by atoms with Gasteiger partial charge in [0.25, 0.3) is 0 Å². The van der Waals surface area contributed by atoms with E-state index in [2.05, 4.69) is 9.72 Å². The van der Waals surface area contributed by atoms with Gasteiger partial charge in [-0.25, -0.2) is 9.59 Å². The van der Waals surface area contributed by atoms with E-state index in [1.165, 1.54) is 7.11 Å². The Kier molecular flexibility index (Phi) is 4.02. The summed E-state index contributed by atoms with van der Waals surface area (Å²) in [6.07, 6.45) is 0.611. The van der Waals surface area contributed by atoms with Crippen molar-refractivity contribution in [2.45, 2.75) is 24.6 Å². The van der Waals surface area contributed by atoms with E-state index in [4.69, 9.17) is 27.9 Å². The van der Waals surface area contributed by atoms with E-state index in [-0.39, 0.29) is 18.2 Å². The number of rotatable bonds is 4. The normalized spacial score (nSPS) is 19.6. The lowest BCUT2D eigenvalue weighted by Gasteiger charge is -2.04. The number of alkyl halides is 2. The van der Waals surface area contributed by atoms with E-state index in [9.17, 15) is 9.59 Å². The van der Waals surface area contributed by atoms with Gasteiger partial charge in [-0.05, 0) is 25.8 Å². The monoisotopic (exact) mass is 319 g/mol. The highest BCUT2D eigenvalue weighted by molar-refractivity contribution is 6.50. The molecular weight excluding hydrogens is 305 g/mol. The number of H-pyrrole nitrogens is 1. The van der Waals surface area contributed by atoms with Crippen LogP contribution < -0.4 is 0 Å². The zero-order valence-electron chi connectivity index (χ0n) is 11.4. The number of hydrogen-bond acceptors (Lipinski definition) is 4. The molecule has 0 radical (unpaired) electrons. The number of esters is 2. The topological polar surface area (TPSA) is 68.4 Å². The Bertz CT molecular complexity index is 565. The maximum absolute atomic E-state index is 12.0. The van der Waals surface area contributed by atoms with E-state index < -0.39 is 16.3 Å². The Labute approximate surface area is 126 Å². The fourth-order valence-corrected chi connectivity index (χ4v) is 2.56. The summed E-state index contributed by atoms with van der Waals surface area (Å²) in [6, 6.07) is 0. The molecule has 20 heavy (non-hydrogen) atoms. The molecule has 0 unspecified atom stereocenters. The van der Waals surface area contributed by atoms with Gasteiger partial charge in [0.15, 0.2) is 0 Å². The van der Waals surface area contributed by atoms with Gasteiger partial charge < -0.3 is 14.5 Å². The Morgan fingerprint density at radius 1 is 1.35 bits per heavy atom. The van der Waals surface area contributed by atoms with E-state index in [0.29, 0.717) is 23.2 Å². The third-order valence-electron chi connectivity index (χ3n) is 3.40. The molecule has 110 valence electrons. The second-order valence-electron chi connectivity index (χ2n) is 4.88. The van der Waals surface area contributed by atoms with Crippen molar-refractivity contribution < 1.29 is 19.1 Å². The van der Waals surface area contributed by atoms with Crippen molar-refractivity contribution in [1.29, 1.82) is 0 Å². The number of aromatic amines is 1. The number of halogens is 2. The van der Waals surface area contributed by atoms with E-state index >= 15 is 0 Å². The second-order valence-corrected chi connectivity index (χ2v) is 6.42. The molecule has 1 aromatic heterocycles. The van der Waals surface area contributed by atoms with Gasteiger partial charge in [0.05, 0.1) is 19.3 Å². The number of aromatic nitrogens is 1. The van der Waals surface area contributed by atoms with Crippen LogP contribution in [0.1, 0.15) is 38.5 Å². The summed E-state index contributed by atoms with van der Waals surface area (Å²) >= 11 is 11.7. The molecule has 1 aliphatic carbocycles. The minimum absolute atomic E-state index is 0.0359. The number of carbonyl (C=O) groups excluding carboxylic acids is 2. The van der Waals surface area contributed by atoms with Crippen molar-refractivity contribution in [3.63, 3.8) is 0 Å². The first kappa shape index (κ1) is 15.2. The van der Waals surface area contributed by atoms with Crippen molar-refractivity contribution in [2.24, 2.45) is 5.92 Å². The van der Waals surface area contributed by atoms with E-state index in [0.717, 1.165) is 0 Å². The van der Waals surface area contributed by atoms with Gasteiger partial charge in [-0.2, -0.15) is 0 Å². The molecule has 1 N–H and O–H groups in total. The Hall–Kier alpha value is -1.20. The van der Waals surface area contributed by atoms with Crippen molar-refractivity contribution in [3.8, 4) is 0 Å². The molecule has 0 amide bonds. The smallest absolute Gasteiger partial charge is 0.355 e. The summed E-state index contributed by atoms with van der Waals surface area (Å²) in [4.78, 5) is 26.5. The quantitative estimate of drug-likeness (QED) is 0.684. The van der Waals surface area contributed by atoms with Crippen molar-refractivity contribution in [3.05, 3.63) is 22.5 Å². The van der Waals surface area contributed by atoms with Crippen LogP contribution in [0.4, 0.5) is 0 Å². The molecule has 1 fully saturated rings. The van der Waals surface area contributed by atoms with Crippen LogP contribution in [0.5, 0.6) is 0 Å². The lowest BCUT2D eigenvalue weighted by molar-refractivity contribution is 0.0478. The molecule has 1 saturated carbocycles. The van der Waals surface area contributed by atoms with Crippen molar-refractivity contribution in [2.75, 3.05) is 13.7 Å². The largest absolute Gasteiger partial charge is 0.465 e. The molecule has 0 bridgehead atoms. The van der Waals surface area contributed by atoms with Crippen LogP contribution in [-0.2, 0) is 9.47 Å². The molecule has 1 atom stereocenters. The van der Waals surface area contributed by atoms with Crippen LogP contribution in [-0.4, -0.2) is 35.0 Å². The van der Waals surface area contributed by atoms with Crippen LogP contribution >= 0.6 is 23.2 Å². The number of nitrogens with one attached hydrogen (secondary N) is 1. The fraction of sp³-hybridized carbons (Fsp3) is 0.538. The molecular formula is C13H15Cl2NO4. The molecule has 1 aliphatic rings. The third-order valence-corrected chi connectivity index (χ3v) is 4.33. The highest BCUT2D eigenvalue weighted by atomic mass is 35.5. The molecule has 0 saturated heterocycles. The molecule has 0 aliphatic heterocycles. The summed E-state index contributed by atoms with van der Waals surface area (Å²) in [6.45, 7) is 3.52. The highest BCUT2D eigenvalue weighted by Crippen LogP contribution is 2.53. The minimum Gasteiger partial charge on any atom is -0.465 e. The first-order valence-electron chi connectivity index (χ1n) is 6.10. The van der Waals surface area contributed by atoms with Crippen LogP contribution in [0.2, 0.25) is 0 Å². The first-order valence-corrected chi connectivity index (χ1v) is 6.86. The number of hydrogen-bond donors (Lipinski definition) is 1. The van der Waals surface area contributed by atoms with Gasteiger partial charge in [0.2, 0.25) is 0 Å². The number of aryl methyl sites for hydroxylation is 1. The second kappa shape index (κ2) is 5.30. The Balaban J connectivity index is 2.09. The Morgan fingerprint density at radius 3 is 2.45 bits per heavy atom. The standard InChI is InChI=1S/C13H15Cl2NO4/c1-6-9(11(17)19-3)7(2)16-10(6)12(18)20-5-8-4-13(8,14)15/h8,16H,4-5H2,1-3H3/t8-/m0/s1. The summed E-state index contributed by atoms with van der Waals surface area (Å²) < 4.78 is 9.06. The Morgan fingerprint density at radius 2 is 1.95 bits per heavy atom. The summed E-state index contributed by atoms with van der Waals surface area (Å²) in [5.41, 5.74) is 1.68. The zero-order chi connectivity index (χ0) is 15.1. The number of methoxy groups -OCH3 is 1. The summed E-state index contributed by atoms with van der Waals surface area (Å²) in [5, 5.41) is 0. The third kappa shape index (κ3) is 2.79. The molecule has 7 heteroatoms. The van der Waals surface area contributed by atoms with E-state index in [1.807, 2.05) is 0 Å². The van der Waals surface area contributed by atoms with Gasteiger partial charge in [0.1, 0.15) is 10.0 Å². The SMILES string of the molecule is COC(=O)c1c(C)[nH]c(C(=O)OC[C@@H]2CC2(Cl)Cl)c1C. The lowest BCUT2D eigenvalue weighted by atomic mass is 10.1. The summed E-state index contributed by atoms with van der Waals surface area (Å²) in [7, 11) is 1.29. The van der Waals surface area contributed by atoms with Gasteiger partial charge >= 0.3 is 11.9 Å². The number of ether oxygens (including phenoxy) is 2. The average Bonchev–Trinajstić information content (AvgIpc) is 2.88. The molecule has 0 spiro atoms. The molecule has 2 rings (SSSR count). The number of carbonyl (C=O) groups is 2.